The summed E-state index contributed by atoms with van der Waals surface area (Å²) in [6.45, 7) is 4.49. The van der Waals surface area contributed by atoms with Crippen LogP contribution in [-0.2, 0) is 0 Å². The van der Waals surface area contributed by atoms with Crippen LogP contribution in [0.5, 0.6) is 0 Å². The number of aromatic nitrogens is 3. The highest BCUT2D eigenvalue weighted by Gasteiger charge is 2.74. The minimum absolute atomic E-state index is 0.0159. The lowest BCUT2D eigenvalue weighted by molar-refractivity contribution is -0.166. The number of nitrogens with zero attached hydrogens (tertiary/aromatic N) is 2. The lowest BCUT2D eigenvalue weighted by Crippen LogP contribution is -2.67. The molecule has 1 heterocycles. The third kappa shape index (κ3) is 3.25. The van der Waals surface area contributed by atoms with Crippen molar-refractivity contribution in [2.45, 2.75) is 75.7 Å². The Labute approximate surface area is 236 Å². The van der Waals surface area contributed by atoms with Gasteiger partial charge in [0.25, 0.3) is 0 Å². The van der Waals surface area contributed by atoms with Gasteiger partial charge in [-0.2, -0.15) is 5.10 Å². The second kappa shape index (κ2) is 8.58. The van der Waals surface area contributed by atoms with Gasteiger partial charge in [0.15, 0.2) is 22.6 Å². The fourth-order valence-corrected chi connectivity index (χ4v) is 10.9. The molecule has 0 amide bonds. The second-order valence-corrected chi connectivity index (χ2v) is 14.3. The third-order valence-electron chi connectivity index (χ3n) is 12.0. The number of aliphatic hydroxyl groups excluding tert-OH is 1. The fraction of sp³-hybridized carbons (Fsp3) is 0.581. The van der Waals surface area contributed by atoms with Gasteiger partial charge in [-0.05, 0) is 80.4 Å². The summed E-state index contributed by atoms with van der Waals surface area (Å²) in [5, 5.41) is 30.5. The van der Waals surface area contributed by atoms with E-state index in [9.17, 15) is 23.8 Å². The molecule has 40 heavy (non-hydrogen) atoms. The topological polar surface area (TPSA) is 99.1 Å². The van der Waals surface area contributed by atoms with E-state index in [1.165, 1.54) is 24.2 Å². The van der Waals surface area contributed by atoms with Crippen molar-refractivity contribution in [3.8, 4) is 0 Å². The lowest BCUT2D eigenvalue weighted by Gasteiger charge is -2.71. The molecule has 6 aliphatic rings. The number of Topliss-reactive ketones (excluding diaryl/α,β-unsaturated/α-hetero) is 1. The molecule has 212 valence electrons. The number of carbonyl (C=O) groups excluding carboxylic acids is 1. The molecule has 8 atom stereocenters. The second-order valence-electron chi connectivity index (χ2n) is 13.3. The van der Waals surface area contributed by atoms with E-state index in [2.05, 4.69) is 47.3 Å². The summed E-state index contributed by atoms with van der Waals surface area (Å²) < 4.78 is 28.2. The molecule has 1 aromatic heterocycles. The average molecular weight is 568 g/mol. The number of thioether (sulfide) groups is 1. The van der Waals surface area contributed by atoms with E-state index in [1.807, 2.05) is 0 Å². The van der Waals surface area contributed by atoms with E-state index in [0.717, 1.165) is 44.2 Å². The zero-order chi connectivity index (χ0) is 28.1. The summed E-state index contributed by atoms with van der Waals surface area (Å²) in [4.78, 5) is 18.6. The first-order valence-electron chi connectivity index (χ1n) is 14.3. The van der Waals surface area contributed by atoms with Gasteiger partial charge in [-0.25, -0.2) is 13.8 Å². The summed E-state index contributed by atoms with van der Waals surface area (Å²) in [6, 6.07) is 3.39. The standard InChI is InChI=1S/C31H35F2N3O3S/c1-27-8-5-19(37)14-29(27)11-12-31(20(15-29)25(38)18-3-4-21(32)22(33)13-18)23(27)6-9-28(2)24(31)7-10-30(28,39)16-40-26-34-17-35-36-26/h3-4,11-13,15,17,19,23-24,37,39H,5-10,14,16H2,1-2H3,(H,34,35,36). The van der Waals surface area contributed by atoms with Crippen LogP contribution in [0, 0.1) is 45.1 Å². The highest BCUT2D eigenvalue weighted by atomic mass is 32.2. The number of fused-ring (bicyclic) bond motifs is 1. The molecule has 3 N–H and O–H groups in total. The number of allylic oxidation sites excluding steroid dienone is 4. The number of hydrogen-bond donors (Lipinski definition) is 3. The number of rotatable bonds is 5. The molecule has 0 aliphatic heterocycles. The molecule has 6 aliphatic carbocycles. The Balaban J connectivity index is 1.36. The van der Waals surface area contributed by atoms with Crippen molar-refractivity contribution in [1.29, 1.82) is 0 Å². The van der Waals surface area contributed by atoms with Gasteiger partial charge < -0.3 is 10.2 Å². The largest absolute Gasteiger partial charge is 0.393 e. The van der Waals surface area contributed by atoms with Crippen LogP contribution in [0.15, 0.2) is 53.5 Å². The maximum Gasteiger partial charge on any atom is 0.189 e. The number of benzene rings is 1. The van der Waals surface area contributed by atoms with Crippen LogP contribution in [0.25, 0.3) is 0 Å². The average Bonchev–Trinajstić information content (AvgIpc) is 3.55. The smallest absolute Gasteiger partial charge is 0.189 e. The molecule has 1 aromatic carbocycles. The lowest BCUT2D eigenvalue weighted by atomic mass is 9.32. The molecule has 8 unspecified atom stereocenters. The predicted octanol–water partition coefficient (Wildman–Crippen LogP) is 5.65. The summed E-state index contributed by atoms with van der Waals surface area (Å²) in [5.41, 5.74) is -1.98. The summed E-state index contributed by atoms with van der Waals surface area (Å²) in [5.74, 6) is -1.73. The number of nitrogens with one attached hydrogen (secondary N) is 1. The highest BCUT2D eigenvalue weighted by Crippen LogP contribution is 2.78. The van der Waals surface area contributed by atoms with E-state index in [0.29, 0.717) is 29.3 Å². The van der Waals surface area contributed by atoms with Gasteiger partial charge in [0, 0.05) is 33.1 Å². The van der Waals surface area contributed by atoms with Gasteiger partial charge in [-0.1, -0.05) is 43.8 Å². The molecule has 3 fully saturated rings. The molecular formula is C31H35F2N3O3S. The van der Waals surface area contributed by atoms with Gasteiger partial charge >= 0.3 is 0 Å². The number of carbonyl (C=O) groups is 1. The van der Waals surface area contributed by atoms with Crippen molar-refractivity contribution in [3.63, 3.8) is 0 Å². The Hall–Kier alpha value is -2.36. The summed E-state index contributed by atoms with van der Waals surface area (Å²) in [6.07, 6.45) is 12.7. The number of aliphatic hydroxyl groups is 2. The number of hydrogen-bond acceptors (Lipinski definition) is 6. The Kier molecular flexibility index (Phi) is 5.69. The maximum atomic E-state index is 14.4. The molecule has 0 saturated heterocycles. The van der Waals surface area contributed by atoms with Crippen molar-refractivity contribution < 1.29 is 23.8 Å². The quantitative estimate of drug-likeness (QED) is 0.245. The first kappa shape index (κ1) is 26.5. The summed E-state index contributed by atoms with van der Waals surface area (Å²) >= 11 is 1.46. The Morgan fingerprint density at radius 3 is 2.58 bits per heavy atom. The number of ketones is 1. The van der Waals surface area contributed by atoms with Crippen molar-refractivity contribution in [3.05, 3.63) is 65.5 Å². The monoisotopic (exact) mass is 567 g/mol. The number of halogens is 2. The van der Waals surface area contributed by atoms with Crippen molar-refractivity contribution in [2.75, 3.05) is 5.75 Å². The maximum absolute atomic E-state index is 14.4. The zero-order valence-electron chi connectivity index (χ0n) is 22.8. The zero-order valence-corrected chi connectivity index (χ0v) is 23.6. The first-order chi connectivity index (χ1) is 19.0. The normalized spacial score (nSPS) is 43.1. The third-order valence-corrected chi connectivity index (χ3v) is 13.1. The molecule has 3 saturated carbocycles. The Morgan fingerprint density at radius 1 is 1.07 bits per heavy atom. The molecule has 9 heteroatoms. The van der Waals surface area contributed by atoms with Crippen LogP contribution in [0.2, 0.25) is 0 Å². The van der Waals surface area contributed by atoms with E-state index in [-0.39, 0.29) is 28.6 Å². The van der Waals surface area contributed by atoms with Crippen molar-refractivity contribution in [1.82, 2.24) is 15.2 Å². The number of H-pyrrole nitrogens is 1. The van der Waals surface area contributed by atoms with Gasteiger partial charge in [0.05, 0.1) is 11.7 Å². The van der Waals surface area contributed by atoms with Crippen molar-refractivity contribution >= 4 is 17.5 Å². The minimum Gasteiger partial charge on any atom is -0.393 e. The Bertz CT molecular complexity index is 1450. The molecule has 8 rings (SSSR count). The summed E-state index contributed by atoms with van der Waals surface area (Å²) in [7, 11) is 0. The van der Waals surface area contributed by atoms with Crippen LogP contribution in [0.3, 0.4) is 0 Å². The highest BCUT2D eigenvalue weighted by molar-refractivity contribution is 7.99. The van der Waals surface area contributed by atoms with Gasteiger partial charge in [-0.3, -0.25) is 9.89 Å². The Morgan fingerprint density at radius 2 is 1.82 bits per heavy atom. The van der Waals surface area contributed by atoms with Gasteiger partial charge in [-0.15, -0.1) is 0 Å². The first-order valence-corrected chi connectivity index (χ1v) is 15.3. The predicted molar refractivity (Wildman–Crippen MR) is 146 cm³/mol. The van der Waals surface area contributed by atoms with Crippen LogP contribution in [0.1, 0.15) is 69.2 Å². The van der Waals surface area contributed by atoms with Gasteiger partial charge in [0.1, 0.15) is 6.33 Å². The van der Waals surface area contributed by atoms with Gasteiger partial charge in [0.2, 0.25) is 0 Å². The van der Waals surface area contributed by atoms with Crippen LogP contribution in [0.4, 0.5) is 8.78 Å². The van der Waals surface area contributed by atoms with E-state index >= 15 is 0 Å². The van der Waals surface area contributed by atoms with Crippen LogP contribution >= 0.6 is 11.8 Å². The van der Waals surface area contributed by atoms with Crippen LogP contribution in [-0.4, -0.2) is 48.6 Å². The van der Waals surface area contributed by atoms with E-state index < -0.39 is 39.6 Å². The molecule has 2 aromatic rings. The molecule has 2 bridgehead atoms. The molecule has 0 radical (unpaired) electrons. The molecule has 2 spiro atoms. The minimum atomic E-state index is -1.04. The van der Waals surface area contributed by atoms with E-state index in [4.69, 9.17) is 0 Å². The molecule has 6 nitrogen and oxygen atoms in total. The molecular weight excluding hydrogens is 532 g/mol. The van der Waals surface area contributed by atoms with Crippen molar-refractivity contribution in [2.24, 2.45) is 33.5 Å². The SMILES string of the molecule is CC12CCC(O)CC13C=CC1(C(C(=O)c4ccc(F)c(F)c4)=C3)C2CCC2(C)C1CCC2(O)CSc1ncn[nH]1. The number of aromatic amines is 1. The van der Waals surface area contributed by atoms with E-state index in [1.54, 1.807) is 0 Å². The van der Waals surface area contributed by atoms with Crippen LogP contribution < -0.4 is 0 Å². The fourth-order valence-electron chi connectivity index (χ4n) is 9.82.